The van der Waals surface area contributed by atoms with Crippen LogP contribution in [0.25, 0.3) is 0 Å². The van der Waals surface area contributed by atoms with Gasteiger partial charge in [-0.25, -0.2) is 17.5 Å². The summed E-state index contributed by atoms with van der Waals surface area (Å²) in [5.74, 6) is 0.0401. The van der Waals surface area contributed by atoms with E-state index in [0.717, 1.165) is 16.9 Å². The van der Waals surface area contributed by atoms with Gasteiger partial charge >= 0.3 is 5.97 Å². The van der Waals surface area contributed by atoms with Gasteiger partial charge in [0.15, 0.2) is 0 Å². The summed E-state index contributed by atoms with van der Waals surface area (Å²) >= 11 is 13.2. The second-order valence-corrected chi connectivity index (χ2v) is 12.9. The van der Waals surface area contributed by atoms with E-state index >= 15 is 0 Å². The van der Waals surface area contributed by atoms with Crippen LogP contribution in [0.5, 0.6) is 0 Å². The fourth-order valence-corrected chi connectivity index (χ4v) is 6.30. The summed E-state index contributed by atoms with van der Waals surface area (Å²) in [7, 11) is -3.38. The third kappa shape index (κ3) is 10.4. The first-order valence-electron chi connectivity index (χ1n) is 11.1. The van der Waals surface area contributed by atoms with Crippen LogP contribution in [0, 0.1) is 0 Å². The zero-order valence-electron chi connectivity index (χ0n) is 19.5. The molecule has 2 aromatic rings. The molecule has 0 spiro atoms. The fraction of sp³-hybridized carbons (Fsp3) is 0.542. The summed E-state index contributed by atoms with van der Waals surface area (Å²) in [5.41, 5.74) is 0.554. The second-order valence-electron chi connectivity index (χ2n) is 8.86. The normalized spacial score (nSPS) is 12.3. The first-order chi connectivity index (χ1) is 15.5. The van der Waals surface area contributed by atoms with E-state index in [4.69, 9.17) is 27.9 Å². The molecule has 0 bridgehead atoms. The largest absolute Gasteiger partial charge is 0.456 e. The van der Waals surface area contributed by atoms with Crippen LogP contribution in [0.3, 0.4) is 0 Å². The van der Waals surface area contributed by atoms with Crippen molar-refractivity contribution >= 4 is 50.5 Å². The molecule has 0 amide bonds. The van der Waals surface area contributed by atoms with Crippen LogP contribution in [-0.4, -0.2) is 49.0 Å². The van der Waals surface area contributed by atoms with E-state index in [-0.39, 0.29) is 11.7 Å². The number of nitrogens with zero attached hydrogens (tertiary/aromatic N) is 1. The summed E-state index contributed by atoms with van der Waals surface area (Å²) in [5, 5.41) is 0.681. The molecule has 0 N–H and O–H groups in total. The average Bonchev–Trinajstić information content (AvgIpc) is 3.19. The van der Waals surface area contributed by atoms with Crippen molar-refractivity contribution in [3.8, 4) is 0 Å². The van der Waals surface area contributed by atoms with E-state index in [2.05, 4.69) is 0 Å². The van der Waals surface area contributed by atoms with Crippen LogP contribution < -0.4 is 0 Å². The lowest BCUT2D eigenvalue weighted by molar-refractivity contribution is 0.00752. The highest BCUT2D eigenvalue weighted by Gasteiger charge is 2.22. The van der Waals surface area contributed by atoms with Crippen LogP contribution >= 0.6 is 34.5 Å². The van der Waals surface area contributed by atoms with Gasteiger partial charge in [0.1, 0.15) is 10.5 Å². The predicted molar refractivity (Wildman–Crippen MR) is 138 cm³/mol. The molecule has 1 aromatic carbocycles. The van der Waals surface area contributed by atoms with Crippen molar-refractivity contribution in [3.05, 3.63) is 56.7 Å². The van der Waals surface area contributed by atoms with Gasteiger partial charge in [-0.15, -0.1) is 22.9 Å². The Hall–Kier alpha value is -1.12. The van der Waals surface area contributed by atoms with E-state index in [9.17, 15) is 13.2 Å². The number of aryl methyl sites for hydroxylation is 2. The number of esters is 1. The lowest BCUT2D eigenvalue weighted by Gasteiger charge is -2.22. The van der Waals surface area contributed by atoms with Crippen LogP contribution in [-0.2, 0) is 27.6 Å². The van der Waals surface area contributed by atoms with E-state index < -0.39 is 15.6 Å². The summed E-state index contributed by atoms with van der Waals surface area (Å²) in [6.07, 6.45) is 3.27. The standard InChI is InChI=1S/C24H33Cl2NO4S2/c1-24(2,3)31-23(28)22-13-12-21(32-22)11-6-16-27(33(29,30)17-7-14-25)15-5-9-19-8-4-10-20(26)18-19/h4,8,10,12-13,18H,5-7,9,11,14-17H2,1-3H3. The highest BCUT2D eigenvalue weighted by atomic mass is 35.5. The Morgan fingerprint density at radius 3 is 2.39 bits per heavy atom. The third-order valence-electron chi connectivity index (χ3n) is 4.78. The van der Waals surface area contributed by atoms with Crippen molar-refractivity contribution in [1.29, 1.82) is 0 Å². The minimum atomic E-state index is -3.38. The minimum absolute atomic E-state index is 0.0511. The number of carbonyl (C=O) groups is 1. The maximum absolute atomic E-state index is 12.8. The maximum Gasteiger partial charge on any atom is 0.348 e. The lowest BCUT2D eigenvalue weighted by Crippen LogP contribution is -2.35. The van der Waals surface area contributed by atoms with Crippen molar-refractivity contribution in [2.75, 3.05) is 24.7 Å². The van der Waals surface area contributed by atoms with E-state index in [1.807, 2.05) is 51.1 Å². The molecule has 9 heteroatoms. The van der Waals surface area contributed by atoms with Crippen LogP contribution in [0.2, 0.25) is 5.02 Å². The molecule has 0 aliphatic heterocycles. The quantitative estimate of drug-likeness (QED) is 0.227. The van der Waals surface area contributed by atoms with Gasteiger partial charge in [-0.1, -0.05) is 23.7 Å². The van der Waals surface area contributed by atoms with Gasteiger partial charge in [-0.3, -0.25) is 0 Å². The average molecular weight is 535 g/mol. The van der Waals surface area contributed by atoms with Crippen LogP contribution in [0.15, 0.2) is 36.4 Å². The SMILES string of the molecule is CC(C)(C)OC(=O)c1ccc(CCCN(CCCc2cccc(Cl)c2)S(=O)(=O)CCCCl)s1. The third-order valence-corrected chi connectivity index (χ3v) is 8.37. The molecule has 1 heterocycles. The Balaban J connectivity index is 1.94. The van der Waals surface area contributed by atoms with E-state index in [1.54, 1.807) is 10.4 Å². The van der Waals surface area contributed by atoms with Crippen LogP contribution in [0.1, 0.15) is 60.1 Å². The molecule has 0 fully saturated rings. The Labute approximate surface area is 212 Å². The molecule has 0 aliphatic carbocycles. The van der Waals surface area contributed by atoms with Gasteiger partial charge in [0.05, 0.1) is 5.75 Å². The Kier molecular flexibility index (Phi) is 11.2. The highest BCUT2D eigenvalue weighted by Crippen LogP contribution is 2.22. The predicted octanol–water partition coefficient (Wildman–Crippen LogP) is 6.18. The Morgan fingerprint density at radius 1 is 1.06 bits per heavy atom. The fourth-order valence-electron chi connectivity index (χ4n) is 3.29. The zero-order chi connectivity index (χ0) is 24.5. The monoisotopic (exact) mass is 533 g/mol. The molecule has 184 valence electrons. The van der Waals surface area contributed by atoms with Crippen molar-refractivity contribution in [2.45, 2.75) is 58.5 Å². The molecule has 0 unspecified atom stereocenters. The number of halogens is 2. The molecular formula is C24H33Cl2NO4S2. The lowest BCUT2D eigenvalue weighted by atomic mass is 10.1. The molecule has 33 heavy (non-hydrogen) atoms. The number of thiophene rings is 1. The van der Waals surface area contributed by atoms with Gasteiger partial charge in [0, 0.05) is 28.9 Å². The van der Waals surface area contributed by atoms with Gasteiger partial charge < -0.3 is 4.74 Å². The van der Waals surface area contributed by atoms with Gasteiger partial charge in [0.25, 0.3) is 0 Å². The first-order valence-corrected chi connectivity index (χ1v) is 14.4. The number of carbonyl (C=O) groups excluding carboxylic acids is 1. The summed E-state index contributed by atoms with van der Waals surface area (Å²) in [6.45, 7) is 6.39. The number of alkyl halides is 1. The zero-order valence-corrected chi connectivity index (χ0v) is 22.6. The molecule has 1 aromatic heterocycles. The molecular weight excluding hydrogens is 501 g/mol. The number of sulfonamides is 1. The number of hydrogen-bond acceptors (Lipinski definition) is 5. The van der Waals surface area contributed by atoms with Crippen LogP contribution in [0.4, 0.5) is 0 Å². The smallest absolute Gasteiger partial charge is 0.348 e. The van der Waals surface area contributed by atoms with Gasteiger partial charge in [-0.2, -0.15) is 0 Å². The van der Waals surface area contributed by atoms with Crippen molar-refractivity contribution < 1.29 is 17.9 Å². The number of hydrogen-bond donors (Lipinski definition) is 0. The molecule has 0 aliphatic rings. The number of rotatable bonds is 13. The molecule has 0 saturated heterocycles. The second kappa shape index (κ2) is 13.1. The summed E-state index contributed by atoms with van der Waals surface area (Å²) in [4.78, 5) is 13.8. The minimum Gasteiger partial charge on any atom is -0.456 e. The number of ether oxygens (including phenoxy) is 1. The first kappa shape index (κ1) is 28.1. The van der Waals surface area contributed by atoms with Gasteiger partial charge in [0.2, 0.25) is 10.0 Å². The molecule has 2 rings (SSSR count). The van der Waals surface area contributed by atoms with Crippen molar-refractivity contribution in [2.24, 2.45) is 0 Å². The number of benzene rings is 1. The van der Waals surface area contributed by atoms with E-state index in [0.29, 0.717) is 54.6 Å². The maximum atomic E-state index is 12.8. The Bertz CT molecular complexity index is 1000. The van der Waals surface area contributed by atoms with Crippen molar-refractivity contribution in [3.63, 3.8) is 0 Å². The summed E-state index contributed by atoms with van der Waals surface area (Å²) < 4.78 is 32.7. The summed E-state index contributed by atoms with van der Waals surface area (Å²) in [6, 6.07) is 11.3. The van der Waals surface area contributed by atoms with E-state index in [1.165, 1.54) is 11.3 Å². The molecule has 0 saturated carbocycles. The highest BCUT2D eigenvalue weighted by molar-refractivity contribution is 7.89. The topological polar surface area (TPSA) is 63.7 Å². The molecule has 0 radical (unpaired) electrons. The molecule has 5 nitrogen and oxygen atoms in total. The molecule has 0 atom stereocenters. The van der Waals surface area contributed by atoms with Gasteiger partial charge in [-0.05, 0) is 82.7 Å². The Morgan fingerprint density at radius 2 is 1.76 bits per heavy atom. The van der Waals surface area contributed by atoms with Crippen molar-refractivity contribution in [1.82, 2.24) is 4.31 Å².